The van der Waals surface area contributed by atoms with Gasteiger partial charge in [-0.15, -0.1) is 5.92 Å². The first kappa shape index (κ1) is 21.5. The molecular formula is C29H35NO2. The van der Waals surface area contributed by atoms with Gasteiger partial charge in [0.25, 0.3) is 0 Å². The summed E-state index contributed by atoms with van der Waals surface area (Å²) in [6, 6.07) is 8.97. The van der Waals surface area contributed by atoms with Crippen LogP contribution in [0.2, 0.25) is 0 Å². The topological polar surface area (TPSA) is 40.5 Å². The number of rotatable bonds is 2. The molecule has 0 heterocycles. The molecule has 0 bridgehead atoms. The number of hydrogen-bond acceptors (Lipinski definition) is 3. The zero-order valence-corrected chi connectivity index (χ0v) is 19.9. The van der Waals surface area contributed by atoms with Gasteiger partial charge in [-0.25, -0.2) is 0 Å². The summed E-state index contributed by atoms with van der Waals surface area (Å²) < 4.78 is 0. The number of aliphatic hydroxyl groups is 1. The SMILES string of the molecule is CC#C[C@]1(O)CCC2C3CC=C4CC(=O)CCC4=C3C(c3ccc(N(C)C)cc3)C[C@@]21C. The highest BCUT2D eigenvalue weighted by Gasteiger charge is 2.62. The molecule has 168 valence electrons. The van der Waals surface area contributed by atoms with Crippen LogP contribution in [0.25, 0.3) is 0 Å². The fourth-order valence-electron chi connectivity index (χ4n) is 7.32. The average Bonchev–Trinajstić information content (AvgIpc) is 3.03. The monoisotopic (exact) mass is 429 g/mol. The third-order valence-corrected chi connectivity index (χ3v) is 9.01. The van der Waals surface area contributed by atoms with Crippen molar-refractivity contribution in [2.75, 3.05) is 19.0 Å². The van der Waals surface area contributed by atoms with Gasteiger partial charge in [-0.2, -0.15) is 0 Å². The van der Waals surface area contributed by atoms with Crippen LogP contribution >= 0.6 is 0 Å². The van der Waals surface area contributed by atoms with Crippen LogP contribution in [0.15, 0.2) is 47.1 Å². The number of ketones is 1. The van der Waals surface area contributed by atoms with Crippen molar-refractivity contribution in [3.63, 3.8) is 0 Å². The van der Waals surface area contributed by atoms with Gasteiger partial charge < -0.3 is 10.0 Å². The first-order valence-electron chi connectivity index (χ1n) is 12.1. The molecule has 4 aliphatic rings. The maximum absolute atomic E-state index is 12.2. The van der Waals surface area contributed by atoms with Crippen molar-refractivity contribution in [2.45, 2.75) is 70.3 Å². The van der Waals surface area contributed by atoms with Crippen LogP contribution in [0.1, 0.15) is 70.3 Å². The molecule has 1 aromatic carbocycles. The third-order valence-electron chi connectivity index (χ3n) is 9.01. The molecule has 0 amide bonds. The van der Waals surface area contributed by atoms with Crippen molar-refractivity contribution >= 4 is 11.5 Å². The van der Waals surface area contributed by atoms with E-state index in [1.54, 1.807) is 5.57 Å². The maximum Gasteiger partial charge on any atom is 0.137 e. The first-order chi connectivity index (χ1) is 15.3. The van der Waals surface area contributed by atoms with Gasteiger partial charge in [0.2, 0.25) is 0 Å². The second-order valence-corrected chi connectivity index (χ2v) is 10.8. The number of nitrogens with zero attached hydrogens (tertiary/aromatic N) is 1. The molecule has 5 atom stereocenters. The molecule has 4 aliphatic carbocycles. The van der Waals surface area contributed by atoms with Crippen molar-refractivity contribution in [1.29, 1.82) is 0 Å². The fraction of sp³-hybridized carbons (Fsp3) is 0.552. The second-order valence-electron chi connectivity index (χ2n) is 10.8. The second kappa shape index (κ2) is 7.63. The van der Waals surface area contributed by atoms with Gasteiger partial charge in [0.1, 0.15) is 11.4 Å². The molecule has 3 nitrogen and oxygen atoms in total. The van der Waals surface area contributed by atoms with E-state index in [0.717, 1.165) is 32.1 Å². The van der Waals surface area contributed by atoms with Crippen LogP contribution in [-0.4, -0.2) is 30.6 Å². The maximum atomic E-state index is 12.2. The molecule has 0 radical (unpaired) electrons. The molecule has 3 saturated carbocycles. The number of hydrogen-bond donors (Lipinski definition) is 1. The van der Waals surface area contributed by atoms with Gasteiger partial charge in [0.15, 0.2) is 0 Å². The van der Waals surface area contributed by atoms with Crippen LogP contribution in [-0.2, 0) is 4.79 Å². The third kappa shape index (κ3) is 3.11. The molecule has 0 aliphatic heterocycles. The molecule has 1 N–H and O–H groups in total. The summed E-state index contributed by atoms with van der Waals surface area (Å²) >= 11 is 0. The smallest absolute Gasteiger partial charge is 0.137 e. The average molecular weight is 430 g/mol. The Bertz CT molecular complexity index is 1070. The van der Waals surface area contributed by atoms with Crippen molar-refractivity contribution in [2.24, 2.45) is 17.3 Å². The van der Waals surface area contributed by atoms with Gasteiger partial charge in [0, 0.05) is 44.0 Å². The standard InChI is InChI=1S/C29H35NO2/c1-5-15-29(32)16-14-26-24-12-8-20-17-22(31)11-13-23(20)27(24)25(18-28(26,29)2)19-6-9-21(10-7-19)30(3)4/h6-10,24-26,32H,11-14,16-18H2,1-4H3/t24?,25?,26?,28-,29-/m0/s1. The Morgan fingerprint density at radius 3 is 2.59 bits per heavy atom. The lowest BCUT2D eigenvalue weighted by molar-refractivity contribution is -0.118. The Morgan fingerprint density at radius 1 is 1.16 bits per heavy atom. The predicted molar refractivity (Wildman–Crippen MR) is 129 cm³/mol. The van der Waals surface area contributed by atoms with Gasteiger partial charge in [-0.05, 0) is 79.7 Å². The Morgan fingerprint density at radius 2 is 1.91 bits per heavy atom. The summed E-state index contributed by atoms with van der Waals surface area (Å²) in [5.41, 5.74) is 5.70. The molecule has 0 spiro atoms. The van der Waals surface area contributed by atoms with Crippen LogP contribution in [0, 0.1) is 29.1 Å². The van der Waals surface area contributed by atoms with Crippen LogP contribution in [0.3, 0.4) is 0 Å². The number of carbonyl (C=O) groups is 1. The lowest BCUT2D eigenvalue weighted by atomic mass is 9.51. The van der Waals surface area contributed by atoms with Crippen molar-refractivity contribution in [1.82, 2.24) is 0 Å². The van der Waals surface area contributed by atoms with E-state index in [-0.39, 0.29) is 11.3 Å². The molecule has 0 aromatic heterocycles. The predicted octanol–water partition coefficient (Wildman–Crippen LogP) is 5.41. The van der Waals surface area contributed by atoms with Crippen LogP contribution in [0.4, 0.5) is 5.69 Å². The summed E-state index contributed by atoms with van der Waals surface area (Å²) in [7, 11) is 4.14. The zero-order valence-electron chi connectivity index (χ0n) is 19.9. The van der Waals surface area contributed by atoms with E-state index in [0.29, 0.717) is 30.5 Å². The number of fused-ring (bicyclic) bond motifs is 4. The molecule has 0 saturated heterocycles. The van der Waals surface area contributed by atoms with Gasteiger partial charge in [-0.3, -0.25) is 4.79 Å². The van der Waals surface area contributed by atoms with E-state index >= 15 is 0 Å². The summed E-state index contributed by atoms with van der Waals surface area (Å²) in [6.07, 6.45) is 8.19. The molecule has 32 heavy (non-hydrogen) atoms. The quantitative estimate of drug-likeness (QED) is 0.640. The Kier molecular flexibility index (Phi) is 5.13. The molecule has 3 unspecified atom stereocenters. The van der Waals surface area contributed by atoms with Crippen molar-refractivity contribution in [3.05, 3.63) is 52.6 Å². The Hall–Kier alpha value is -2.31. The summed E-state index contributed by atoms with van der Waals surface area (Å²) in [5, 5.41) is 11.7. The van der Waals surface area contributed by atoms with Gasteiger partial charge in [-0.1, -0.05) is 36.6 Å². The Labute approximate surface area is 192 Å². The number of carbonyl (C=O) groups excluding carboxylic acids is 1. The summed E-state index contributed by atoms with van der Waals surface area (Å²) in [5.74, 6) is 7.79. The van der Waals surface area contributed by atoms with E-state index in [4.69, 9.17) is 0 Å². The van der Waals surface area contributed by atoms with E-state index in [1.807, 2.05) is 6.92 Å². The van der Waals surface area contributed by atoms with E-state index in [9.17, 15) is 9.90 Å². The zero-order chi connectivity index (χ0) is 22.7. The van der Waals surface area contributed by atoms with Crippen molar-refractivity contribution < 1.29 is 9.90 Å². The Balaban J connectivity index is 1.65. The number of allylic oxidation sites excluding steroid dienone is 4. The summed E-state index contributed by atoms with van der Waals surface area (Å²) in [4.78, 5) is 14.3. The molecular weight excluding hydrogens is 394 g/mol. The minimum atomic E-state index is -0.920. The van der Waals surface area contributed by atoms with Crippen LogP contribution < -0.4 is 4.90 Å². The van der Waals surface area contributed by atoms with Crippen molar-refractivity contribution in [3.8, 4) is 11.8 Å². The number of benzene rings is 1. The van der Waals surface area contributed by atoms with Gasteiger partial charge in [0.05, 0.1) is 0 Å². The lowest BCUT2D eigenvalue weighted by Gasteiger charge is -2.53. The number of anilines is 1. The van der Waals surface area contributed by atoms with Gasteiger partial charge >= 0.3 is 0 Å². The molecule has 5 rings (SSSR count). The summed E-state index contributed by atoms with van der Waals surface area (Å²) in [6.45, 7) is 4.14. The number of Topliss-reactive ketones (excluding diaryl/α,β-unsaturated/α-hetero) is 1. The molecule has 1 aromatic rings. The normalized spacial score (nSPS) is 35.8. The van der Waals surface area contributed by atoms with E-state index < -0.39 is 5.60 Å². The highest BCUT2D eigenvalue weighted by atomic mass is 16.3. The lowest BCUT2D eigenvalue weighted by Crippen LogP contribution is -2.50. The first-order valence-corrected chi connectivity index (χ1v) is 12.1. The highest BCUT2D eigenvalue weighted by Crippen LogP contribution is 2.66. The molecule has 3 heteroatoms. The minimum Gasteiger partial charge on any atom is -0.378 e. The van der Waals surface area contributed by atoms with Crippen LogP contribution in [0.5, 0.6) is 0 Å². The largest absolute Gasteiger partial charge is 0.378 e. The highest BCUT2D eigenvalue weighted by molar-refractivity contribution is 5.84. The van der Waals surface area contributed by atoms with E-state index in [1.165, 1.54) is 22.4 Å². The van der Waals surface area contributed by atoms with E-state index in [2.05, 4.69) is 68.1 Å². The molecule has 3 fully saturated rings. The minimum absolute atomic E-state index is 0.231. The fourth-order valence-corrected chi connectivity index (χ4v) is 7.32.